The largest absolute Gasteiger partial charge is 0.378 e. The van der Waals surface area contributed by atoms with Crippen molar-refractivity contribution in [2.75, 3.05) is 36.5 Å². The summed E-state index contributed by atoms with van der Waals surface area (Å²) in [6, 6.07) is 14.5. The Bertz CT molecular complexity index is 1070. The third-order valence-electron chi connectivity index (χ3n) is 5.70. The SMILES string of the molecule is CC(=O)Nc1ccc(C2=C(N3CCOCC3)C(=O)N(c3ccc(C(C)C)cc3)C2=O)cc1. The lowest BCUT2D eigenvalue weighted by Crippen LogP contribution is -2.40. The molecule has 0 saturated carbocycles. The van der Waals surface area contributed by atoms with E-state index in [0.717, 1.165) is 5.56 Å². The summed E-state index contributed by atoms with van der Waals surface area (Å²) < 4.78 is 5.45. The number of anilines is 2. The quantitative estimate of drug-likeness (QED) is 0.732. The summed E-state index contributed by atoms with van der Waals surface area (Å²) in [6.07, 6.45) is 0. The lowest BCUT2D eigenvalue weighted by molar-refractivity contribution is -0.121. The number of ether oxygens (including phenoxy) is 1. The first-order valence-corrected chi connectivity index (χ1v) is 10.8. The van der Waals surface area contributed by atoms with Gasteiger partial charge in [0.2, 0.25) is 5.91 Å². The second kappa shape index (κ2) is 8.96. The summed E-state index contributed by atoms with van der Waals surface area (Å²) in [6.45, 7) is 7.73. The molecule has 1 N–H and O–H groups in total. The Balaban J connectivity index is 1.74. The number of carbonyl (C=O) groups excluding carboxylic acids is 3. The van der Waals surface area contributed by atoms with Crippen LogP contribution in [-0.4, -0.2) is 48.9 Å². The van der Waals surface area contributed by atoms with Crippen molar-refractivity contribution in [3.63, 3.8) is 0 Å². The fourth-order valence-electron chi connectivity index (χ4n) is 4.02. The molecule has 0 atom stereocenters. The molecule has 166 valence electrons. The highest BCUT2D eigenvalue weighted by molar-refractivity contribution is 6.45. The van der Waals surface area contributed by atoms with Gasteiger partial charge >= 0.3 is 0 Å². The highest BCUT2D eigenvalue weighted by atomic mass is 16.5. The molecule has 0 unspecified atom stereocenters. The molecule has 2 aliphatic heterocycles. The van der Waals surface area contributed by atoms with Gasteiger partial charge in [-0.25, -0.2) is 4.90 Å². The van der Waals surface area contributed by atoms with Gasteiger partial charge in [0.05, 0.1) is 24.5 Å². The second-order valence-electron chi connectivity index (χ2n) is 8.27. The molecule has 32 heavy (non-hydrogen) atoms. The highest BCUT2D eigenvalue weighted by Crippen LogP contribution is 2.36. The maximum atomic E-state index is 13.6. The number of hydrogen-bond acceptors (Lipinski definition) is 5. The van der Waals surface area contributed by atoms with E-state index >= 15 is 0 Å². The van der Waals surface area contributed by atoms with E-state index < -0.39 is 0 Å². The minimum absolute atomic E-state index is 0.172. The van der Waals surface area contributed by atoms with E-state index in [1.54, 1.807) is 24.3 Å². The van der Waals surface area contributed by atoms with E-state index in [-0.39, 0.29) is 17.7 Å². The van der Waals surface area contributed by atoms with Gasteiger partial charge in [0.15, 0.2) is 0 Å². The van der Waals surface area contributed by atoms with Gasteiger partial charge in [-0.3, -0.25) is 14.4 Å². The van der Waals surface area contributed by atoms with E-state index in [2.05, 4.69) is 19.2 Å². The Labute approximate surface area is 187 Å². The average Bonchev–Trinajstić information content (AvgIpc) is 3.04. The van der Waals surface area contributed by atoms with Crippen LogP contribution in [0.2, 0.25) is 0 Å². The second-order valence-corrected chi connectivity index (χ2v) is 8.27. The van der Waals surface area contributed by atoms with Crippen LogP contribution in [0.25, 0.3) is 5.57 Å². The molecule has 0 spiro atoms. The van der Waals surface area contributed by atoms with Crippen LogP contribution in [-0.2, 0) is 19.1 Å². The number of morpholine rings is 1. The number of rotatable bonds is 5. The Kier molecular flexibility index (Phi) is 6.10. The number of nitrogens with one attached hydrogen (secondary N) is 1. The number of amides is 3. The van der Waals surface area contributed by atoms with Crippen LogP contribution in [0.1, 0.15) is 37.8 Å². The van der Waals surface area contributed by atoms with Gasteiger partial charge in [-0.15, -0.1) is 0 Å². The lowest BCUT2D eigenvalue weighted by atomic mass is 10.0. The summed E-state index contributed by atoms with van der Waals surface area (Å²) in [5, 5.41) is 2.72. The van der Waals surface area contributed by atoms with Crippen molar-refractivity contribution in [2.45, 2.75) is 26.7 Å². The molecule has 7 heteroatoms. The highest BCUT2D eigenvalue weighted by Gasteiger charge is 2.42. The molecule has 1 fully saturated rings. The van der Waals surface area contributed by atoms with Gasteiger partial charge in [-0.05, 0) is 41.3 Å². The molecule has 0 radical (unpaired) electrons. The Morgan fingerprint density at radius 1 is 0.938 bits per heavy atom. The average molecular weight is 434 g/mol. The molecule has 7 nitrogen and oxygen atoms in total. The van der Waals surface area contributed by atoms with Crippen LogP contribution in [0.4, 0.5) is 11.4 Å². The molecule has 2 aliphatic rings. The Morgan fingerprint density at radius 2 is 1.56 bits per heavy atom. The Hall–Kier alpha value is -3.45. The number of nitrogens with zero attached hydrogens (tertiary/aromatic N) is 2. The summed E-state index contributed by atoms with van der Waals surface area (Å²) in [7, 11) is 0. The fraction of sp³-hybridized carbons (Fsp3) is 0.320. The molecule has 0 bridgehead atoms. The van der Waals surface area contributed by atoms with E-state index in [1.807, 2.05) is 29.2 Å². The van der Waals surface area contributed by atoms with Gasteiger partial charge in [0.1, 0.15) is 5.70 Å². The van der Waals surface area contributed by atoms with Gasteiger partial charge in [0, 0.05) is 25.7 Å². The van der Waals surface area contributed by atoms with Gasteiger partial charge in [0.25, 0.3) is 11.8 Å². The van der Waals surface area contributed by atoms with Crippen LogP contribution in [0, 0.1) is 0 Å². The predicted octanol–water partition coefficient (Wildman–Crippen LogP) is 3.39. The maximum absolute atomic E-state index is 13.6. The number of carbonyl (C=O) groups is 3. The lowest BCUT2D eigenvalue weighted by Gasteiger charge is -2.29. The topological polar surface area (TPSA) is 79.0 Å². The number of benzene rings is 2. The zero-order valence-corrected chi connectivity index (χ0v) is 18.6. The van der Waals surface area contributed by atoms with Crippen molar-refractivity contribution in [3.8, 4) is 0 Å². The van der Waals surface area contributed by atoms with Gasteiger partial charge < -0.3 is 15.0 Å². The molecule has 2 aromatic carbocycles. The van der Waals surface area contributed by atoms with Gasteiger partial charge in [-0.2, -0.15) is 0 Å². The third-order valence-corrected chi connectivity index (χ3v) is 5.70. The molecule has 2 heterocycles. The van der Waals surface area contributed by atoms with E-state index in [9.17, 15) is 14.4 Å². The molecular weight excluding hydrogens is 406 g/mol. The Morgan fingerprint density at radius 3 is 2.12 bits per heavy atom. The van der Waals surface area contributed by atoms with Crippen molar-refractivity contribution in [3.05, 3.63) is 65.4 Å². The maximum Gasteiger partial charge on any atom is 0.282 e. The smallest absolute Gasteiger partial charge is 0.282 e. The fourth-order valence-corrected chi connectivity index (χ4v) is 4.02. The first kappa shape index (κ1) is 21.8. The predicted molar refractivity (Wildman–Crippen MR) is 123 cm³/mol. The minimum atomic E-state index is -0.346. The van der Waals surface area contributed by atoms with Crippen LogP contribution in [0.15, 0.2) is 54.2 Å². The molecule has 3 amide bonds. The molecule has 2 aromatic rings. The first-order valence-electron chi connectivity index (χ1n) is 10.8. The molecule has 0 aliphatic carbocycles. The van der Waals surface area contributed by atoms with Crippen molar-refractivity contribution in [1.29, 1.82) is 0 Å². The summed E-state index contributed by atoms with van der Waals surface area (Å²) in [4.78, 5) is 41.6. The third kappa shape index (κ3) is 4.16. The number of imide groups is 1. The minimum Gasteiger partial charge on any atom is -0.378 e. The summed E-state index contributed by atoms with van der Waals surface area (Å²) in [5.41, 5.74) is 3.74. The van der Waals surface area contributed by atoms with Crippen LogP contribution in [0.3, 0.4) is 0 Å². The van der Waals surface area contributed by atoms with Crippen LogP contribution >= 0.6 is 0 Å². The summed E-state index contributed by atoms with van der Waals surface area (Å²) >= 11 is 0. The molecule has 4 rings (SSSR count). The number of hydrogen-bond donors (Lipinski definition) is 1. The first-order chi connectivity index (χ1) is 15.4. The van der Waals surface area contributed by atoms with Gasteiger partial charge in [-0.1, -0.05) is 38.1 Å². The van der Waals surface area contributed by atoms with E-state index in [4.69, 9.17) is 4.74 Å². The molecule has 1 saturated heterocycles. The monoisotopic (exact) mass is 433 g/mol. The van der Waals surface area contributed by atoms with E-state index in [1.165, 1.54) is 11.8 Å². The van der Waals surface area contributed by atoms with E-state index in [0.29, 0.717) is 60.4 Å². The van der Waals surface area contributed by atoms with Crippen LogP contribution in [0.5, 0.6) is 0 Å². The zero-order chi connectivity index (χ0) is 22.8. The molecular formula is C25H27N3O4. The zero-order valence-electron chi connectivity index (χ0n) is 18.6. The van der Waals surface area contributed by atoms with Crippen molar-refractivity contribution < 1.29 is 19.1 Å². The summed E-state index contributed by atoms with van der Waals surface area (Å²) in [5.74, 6) is -0.487. The van der Waals surface area contributed by atoms with Crippen molar-refractivity contribution >= 4 is 34.7 Å². The standard InChI is InChI=1S/C25H27N3O4/c1-16(2)18-6-10-21(11-7-18)28-24(30)22(19-4-8-20(9-5-19)26-17(3)29)23(25(28)31)27-12-14-32-15-13-27/h4-11,16H,12-15H2,1-3H3,(H,26,29). The van der Waals surface area contributed by atoms with Crippen molar-refractivity contribution in [1.82, 2.24) is 4.90 Å². The van der Waals surface area contributed by atoms with Crippen molar-refractivity contribution in [2.24, 2.45) is 0 Å². The van der Waals surface area contributed by atoms with Crippen LogP contribution < -0.4 is 10.2 Å². The molecule has 0 aromatic heterocycles. The normalized spacial score (nSPS) is 16.9.